The molecule has 0 saturated carbocycles. The number of hydrogen-bond donors (Lipinski definition) is 0. The number of imidazole rings is 1. The molecule has 1 aliphatic heterocycles. The lowest BCUT2D eigenvalue weighted by atomic mass is 10.1. The van der Waals surface area contributed by atoms with E-state index in [1.165, 1.54) is 12.4 Å². The molecule has 0 fully saturated rings. The minimum Gasteiger partial charge on any atom is -0.404 e. The molecule has 0 spiro atoms. The third-order valence-corrected chi connectivity index (χ3v) is 7.53. The van der Waals surface area contributed by atoms with Crippen LogP contribution in [-0.4, -0.2) is 38.6 Å². The number of fused-ring (bicyclic) bond motifs is 3. The fraction of sp³-hybridized carbons (Fsp3) is 0.174. The molecule has 2 aromatic heterocycles. The zero-order valence-electron chi connectivity index (χ0n) is 18.6. The Morgan fingerprint density at radius 3 is 2.46 bits per heavy atom. The lowest BCUT2D eigenvalue weighted by molar-refractivity contribution is -0.275. The Morgan fingerprint density at radius 1 is 1.00 bits per heavy atom. The molecule has 8 nitrogen and oxygen atoms in total. The SMILES string of the molecule is O=S(=O)(c1cc(F)ccc1OC(F)(F)F)N1Cc2nccnc2-n2c(F)cnc2[C@@H]1Cc1ccccc1. The molecule has 37 heavy (non-hydrogen) atoms. The van der Waals surface area contributed by atoms with Gasteiger partial charge in [-0.3, -0.25) is 9.55 Å². The highest BCUT2D eigenvalue weighted by atomic mass is 32.2. The van der Waals surface area contributed by atoms with E-state index < -0.39 is 51.4 Å². The first-order valence-electron chi connectivity index (χ1n) is 10.7. The van der Waals surface area contributed by atoms with Crippen LogP contribution < -0.4 is 4.74 Å². The van der Waals surface area contributed by atoms with Crippen molar-refractivity contribution in [2.24, 2.45) is 0 Å². The van der Waals surface area contributed by atoms with Gasteiger partial charge in [0.25, 0.3) is 0 Å². The average Bonchev–Trinajstić information content (AvgIpc) is 3.16. The normalized spacial score (nSPS) is 16.1. The topological polar surface area (TPSA) is 90.2 Å². The van der Waals surface area contributed by atoms with E-state index in [1.807, 2.05) is 0 Å². The molecule has 1 atom stereocenters. The number of halogens is 5. The van der Waals surface area contributed by atoms with E-state index in [0.717, 1.165) is 15.1 Å². The second-order valence-electron chi connectivity index (χ2n) is 8.00. The van der Waals surface area contributed by atoms with Crippen LogP contribution >= 0.6 is 0 Å². The predicted octanol–water partition coefficient (Wildman–Crippen LogP) is 4.33. The van der Waals surface area contributed by atoms with Crippen molar-refractivity contribution in [2.45, 2.75) is 30.3 Å². The summed E-state index contributed by atoms with van der Waals surface area (Å²) in [4.78, 5) is 11.3. The van der Waals surface area contributed by atoms with Crippen molar-refractivity contribution in [1.82, 2.24) is 23.8 Å². The molecule has 1 aliphatic rings. The van der Waals surface area contributed by atoms with Crippen LogP contribution in [0.1, 0.15) is 23.1 Å². The van der Waals surface area contributed by atoms with Crippen LogP contribution in [0.4, 0.5) is 22.0 Å². The number of nitrogens with zero attached hydrogens (tertiary/aromatic N) is 5. The molecule has 5 rings (SSSR count). The van der Waals surface area contributed by atoms with Gasteiger partial charge >= 0.3 is 6.36 Å². The van der Waals surface area contributed by atoms with Crippen LogP contribution in [0.25, 0.3) is 5.82 Å². The zero-order valence-corrected chi connectivity index (χ0v) is 19.4. The van der Waals surface area contributed by atoms with Crippen molar-refractivity contribution >= 4 is 10.0 Å². The van der Waals surface area contributed by atoms with Gasteiger partial charge in [0.1, 0.15) is 22.3 Å². The van der Waals surface area contributed by atoms with Gasteiger partial charge in [0.05, 0.1) is 24.5 Å². The van der Waals surface area contributed by atoms with E-state index in [1.54, 1.807) is 30.3 Å². The fourth-order valence-electron chi connectivity index (χ4n) is 4.14. The molecule has 0 aliphatic carbocycles. The summed E-state index contributed by atoms with van der Waals surface area (Å²) in [6.45, 7) is -0.520. The van der Waals surface area contributed by atoms with E-state index in [4.69, 9.17) is 0 Å². The summed E-state index contributed by atoms with van der Waals surface area (Å²) in [7, 11) is -4.93. The molecule has 2 aromatic carbocycles. The zero-order chi connectivity index (χ0) is 26.4. The Hall–Kier alpha value is -3.91. The van der Waals surface area contributed by atoms with Gasteiger partial charge in [0.2, 0.25) is 16.0 Å². The second-order valence-corrected chi connectivity index (χ2v) is 9.85. The molecule has 0 saturated heterocycles. The highest BCUT2D eigenvalue weighted by Crippen LogP contribution is 2.39. The van der Waals surface area contributed by atoms with Crippen molar-refractivity contribution < 1.29 is 35.1 Å². The number of sulfonamides is 1. The van der Waals surface area contributed by atoms with E-state index in [9.17, 15) is 30.4 Å². The van der Waals surface area contributed by atoms with Gasteiger partial charge in [0, 0.05) is 12.4 Å². The van der Waals surface area contributed by atoms with Crippen LogP contribution in [0.5, 0.6) is 5.75 Å². The summed E-state index contributed by atoms with van der Waals surface area (Å²) in [5.41, 5.74) is 0.634. The van der Waals surface area contributed by atoms with Crippen LogP contribution in [0.15, 0.2) is 72.0 Å². The summed E-state index contributed by atoms with van der Waals surface area (Å²) in [5.74, 6) is -3.19. The van der Waals surface area contributed by atoms with E-state index in [0.29, 0.717) is 23.8 Å². The maximum atomic E-state index is 14.9. The summed E-state index contributed by atoms with van der Waals surface area (Å²) in [6.07, 6.45) is -1.88. The average molecular weight is 537 g/mol. The van der Waals surface area contributed by atoms with Gasteiger partial charge in [-0.05, 0) is 30.2 Å². The van der Waals surface area contributed by atoms with Crippen molar-refractivity contribution in [1.29, 1.82) is 0 Å². The molecule has 0 bridgehead atoms. The Kier molecular flexibility index (Phi) is 6.15. The van der Waals surface area contributed by atoms with Crippen molar-refractivity contribution in [3.8, 4) is 11.6 Å². The Labute approximate surface area is 207 Å². The standard InChI is InChI=1S/C23H16F5N5O3S/c24-15-6-7-18(36-23(26,27)28)19(11-15)37(34,35)32-13-16-21(30-9-8-29-16)33-20(25)12-31-22(33)17(32)10-14-4-2-1-3-5-14/h1-9,11-12,17H,10,13H2/t17-/m0/s1. The van der Waals surface area contributed by atoms with Gasteiger partial charge in [-0.25, -0.2) is 22.8 Å². The summed E-state index contributed by atoms with van der Waals surface area (Å²) in [6, 6.07) is 8.96. The van der Waals surface area contributed by atoms with Crippen molar-refractivity contribution in [3.05, 3.63) is 96.0 Å². The molecular formula is C23H16F5N5O3S. The summed E-state index contributed by atoms with van der Waals surface area (Å²) in [5, 5.41) is 0. The second kappa shape index (κ2) is 9.19. The number of rotatable bonds is 5. The van der Waals surface area contributed by atoms with Gasteiger partial charge in [-0.15, -0.1) is 13.2 Å². The molecule has 4 aromatic rings. The predicted molar refractivity (Wildman–Crippen MR) is 118 cm³/mol. The molecule has 0 amide bonds. The Balaban J connectivity index is 1.73. The lowest BCUT2D eigenvalue weighted by Gasteiger charge is -2.29. The first-order chi connectivity index (χ1) is 17.5. The first-order valence-corrected chi connectivity index (χ1v) is 12.1. The highest BCUT2D eigenvalue weighted by molar-refractivity contribution is 7.89. The number of alkyl halides is 3. The molecule has 0 N–H and O–H groups in total. The molecule has 14 heteroatoms. The fourth-order valence-corrected chi connectivity index (χ4v) is 5.81. The minimum atomic E-state index is -5.25. The molecule has 0 unspecified atom stereocenters. The highest BCUT2D eigenvalue weighted by Gasteiger charge is 2.42. The minimum absolute atomic E-state index is 0.00878. The molecule has 0 radical (unpaired) electrons. The van der Waals surface area contributed by atoms with Crippen molar-refractivity contribution in [3.63, 3.8) is 0 Å². The van der Waals surface area contributed by atoms with Crippen LogP contribution in [0.3, 0.4) is 0 Å². The maximum Gasteiger partial charge on any atom is 0.573 e. The molecule has 3 heterocycles. The molecule has 192 valence electrons. The van der Waals surface area contributed by atoms with E-state index >= 15 is 0 Å². The smallest absolute Gasteiger partial charge is 0.404 e. The quantitative estimate of drug-likeness (QED) is 0.352. The number of ether oxygens (including phenoxy) is 1. The largest absolute Gasteiger partial charge is 0.573 e. The monoisotopic (exact) mass is 537 g/mol. The Morgan fingerprint density at radius 2 is 1.73 bits per heavy atom. The van der Waals surface area contributed by atoms with Crippen LogP contribution in [0.2, 0.25) is 0 Å². The number of benzene rings is 2. The Bertz CT molecular complexity index is 1560. The molecular weight excluding hydrogens is 521 g/mol. The lowest BCUT2D eigenvalue weighted by Crippen LogP contribution is -2.36. The summed E-state index contributed by atoms with van der Waals surface area (Å²) < 4.78 is 102. The van der Waals surface area contributed by atoms with Crippen LogP contribution in [0, 0.1) is 11.8 Å². The third kappa shape index (κ3) is 4.76. The first kappa shape index (κ1) is 24.8. The maximum absolute atomic E-state index is 14.9. The van der Waals surface area contributed by atoms with Gasteiger partial charge in [-0.2, -0.15) is 8.70 Å². The van der Waals surface area contributed by atoms with Gasteiger partial charge < -0.3 is 4.74 Å². The van der Waals surface area contributed by atoms with Gasteiger partial charge in [-0.1, -0.05) is 30.3 Å². The van der Waals surface area contributed by atoms with Crippen molar-refractivity contribution in [2.75, 3.05) is 0 Å². The summed E-state index contributed by atoms with van der Waals surface area (Å²) >= 11 is 0. The van der Waals surface area contributed by atoms with Gasteiger partial charge in [0.15, 0.2) is 5.82 Å². The van der Waals surface area contributed by atoms with E-state index in [-0.39, 0.29) is 23.8 Å². The number of hydrogen-bond acceptors (Lipinski definition) is 6. The number of aromatic nitrogens is 4. The van der Waals surface area contributed by atoms with E-state index in [2.05, 4.69) is 19.7 Å². The van der Waals surface area contributed by atoms with Crippen LogP contribution in [-0.2, 0) is 23.0 Å². The third-order valence-electron chi connectivity index (χ3n) is 5.65.